The zero-order chi connectivity index (χ0) is 20.4. The summed E-state index contributed by atoms with van der Waals surface area (Å²) in [5.41, 5.74) is 8.03. The lowest BCUT2D eigenvalue weighted by molar-refractivity contribution is 0.0744. The molecule has 3 heterocycles. The van der Waals surface area contributed by atoms with Crippen LogP contribution in [0.15, 0.2) is 53.6 Å². The second-order valence-electron chi connectivity index (χ2n) is 7.07. The summed E-state index contributed by atoms with van der Waals surface area (Å²) in [6, 6.07) is 13.1. The van der Waals surface area contributed by atoms with Crippen molar-refractivity contribution in [2.24, 2.45) is 0 Å². The minimum Gasteiger partial charge on any atom is -0.384 e. The van der Waals surface area contributed by atoms with Gasteiger partial charge in [0.25, 0.3) is 11.5 Å². The van der Waals surface area contributed by atoms with Crippen molar-refractivity contribution in [2.75, 3.05) is 17.6 Å². The zero-order valence-corrected chi connectivity index (χ0v) is 16.1. The normalized spacial score (nSPS) is 13.7. The van der Waals surface area contributed by atoms with Gasteiger partial charge in [-0.15, -0.1) is 0 Å². The molecule has 0 atom stereocenters. The fraction of sp³-hybridized carbons (Fsp3) is 0.238. The first-order valence-electron chi connectivity index (χ1n) is 9.45. The molecule has 0 saturated heterocycles. The second kappa shape index (κ2) is 7.75. The summed E-state index contributed by atoms with van der Waals surface area (Å²) < 4.78 is 1.57. The SMILES string of the molecule is Cc1cc(Nc2cc(N)ncn2)c(=O)n2c1C(=O)N(Cc1ccccc1)CCC2. The molecule has 0 unspecified atom stereocenters. The van der Waals surface area contributed by atoms with Gasteiger partial charge in [-0.25, -0.2) is 9.97 Å². The Balaban J connectivity index is 1.68. The predicted octanol–water partition coefficient (Wildman–Crippen LogP) is 2.32. The molecule has 3 aromatic rings. The van der Waals surface area contributed by atoms with Crippen LogP contribution in [0.4, 0.5) is 17.3 Å². The number of nitrogens with zero attached hydrogens (tertiary/aromatic N) is 4. The summed E-state index contributed by atoms with van der Waals surface area (Å²) in [5.74, 6) is 0.611. The van der Waals surface area contributed by atoms with E-state index in [-0.39, 0.29) is 11.5 Å². The number of fused-ring (bicyclic) bond motifs is 1. The van der Waals surface area contributed by atoms with Crippen LogP contribution in [0.3, 0.4) is 0 Å². The Morgan fingerprint density at radius 2 is 1.90 bits per heavy atom. The van der Waals surface area contributed by atoms with Crippen molar-refractivity contribution in [3.05, 3.63) is 76.0 Å². The van der Waals surface area contributed by atoms with Crippen molar-refractivity contribution in [2.45, 2.75) is 26.4 Å². The van der Waals surface area contributed by atoms with E-state index in [0.717, 1.165) is 11.1 Å². The second-order valence-corrected chi connectivity index (χ2v) is 7.07. The number of nitrogens with one attached hydrogen (secondary N) is 1. The molecule has 0 spiro atoms. The van der Waals surface area contributed by atoms with E-state index < -0.39 is 0 Å². The van der Waals surface area contributed by atoms with Crippen LogP contribution in [0.25, 0.3) is 0 Å². The summed E-state index contributed by atoms with van der Waals surface area (Å²) in [6.07, 6.45) is 2.03. The predicted molar refractivity (Wildman–Crippen MR) is 111 cm³/mol. The highest BCUT2D eigenvalue weighted by Gasteiger charge is 2.26. The zero-order valence-electron chi connectivity index (χ0n) is 16.1. The number of pyridine rings is 1. The lowest BCUT2D eigenvalue weighted by Crippen LogP contribution is -2.34. The fourth-order valence-electron chi connectivity index (χ4n) is 3.60. The Kier molecular flexibility index (Phi) is 4.99. The van der Waals surface area contributed by atoms with E-state index in [1.54, 1.807) is 21.6 Å². The number of hydrogen-bond acceptors (Lipinski definition) is 6. The van der Waals surface area contributed by atoms with Crippen molar-refractivity contribution in [1.82, 2.24) is 19.4 Å². The molecule has 1 aliphatic rings. The van der Waals surface area contributed by atoms with Crippen molar-refractivity contribution < 1.29 is 4.79 Å². The maximum absolute atomic E-state index is 13.2. The molecule has 2 aromatic heterocycles. The Morgan fingerprint density at radius 1 is 1.10 bits per heavy atom. The van der Waals surface area contributed by atoms with E-state index >= 15 is 0 Å². The molecule has 8 heteroatoms. The van der Waals surface area contributed by atoms with Crippen LogP contribution in [0.1, 0.15) is 28.0 Å². The average Bonchev–Trinajstić information content (AvgIpc) is 2.86. The van der Waals surface area contributed by atoms with E-state index in [9.17, 15) is 9.59 Å². The van der Waals surface area contributed by atoms with Gasteiger partial charge in [-0.3, -0.25) is 9.59 Å². The third-order valence-corrected chi connectivity index (χ3v) is 4.95. The van der Waals surface area contributed by atoms with Gasteiger partial charge >= 0.3 is 0 Å². The first-order chi connectivity index (χ1) is 14.0. The van der Waals surface area contributed by atoms with E-state index in [1.165, 1.54) is 6.33 Å². The van der Waals surface area contributed by atoms with Crippen molar-refractivity contribution >= 4 is 23.2 Å². The van der Waals surface area contributed by atoms with E-state index in [0.29, 0.717) is 49.1 Å². The van der Waals surface area contributed by atoms with Crippen LogP contribution >= 0.6 is 0 Å². The van der Waals surface area contributed by atoms with Gasteiger partial charge < -0.3 is 20.5 Å². The highest BCUT2D eigenvalue weighted by atomic mass is 16.2. The summed E-state index contributed by atoms with van der Waals surface area (Å²) in [5, 5.41) is 3.00. The molecular weight excluding hydrogens is 368 g/mol. The van der Waals surface area contributed by atoms with Crippen molar-refractivity contribution in [1.29, 1.82) is 0 Å². The Hall–Kier alpha value is -3.68. The van der Waals surface area contributed by atoms with Gasteiger partial charge in [0.1, 0.15) is 29.3 Å². The van der Waals surface area contributed by atoms with Gasteiger partial charge in [0.15, 0.2) is 0 Å². The maximum Gasteiger partial charge on any atom is 0.274 e. The highest BCUT2D eigenvalue weighted by molar-refractivity contribution is 5.94. The van der Waals surface area contributed by atoms with Gasteiger partial charge in [-0.05, 0) is 30.5 Å². The molecule has 4 rings (SSSR count). The summed E-state index contributed by atoms with van der Waals surface area (Å²) in [4.78, 5) is 36.0. The van der Waals surface area contributed by atoms with Crippen LogP contribution in [0.5, 0.6) is 0 Å². The van der Waals surface area contributed by atoms with Gasteiger partial charge in [0, 0.05) is 25.7 Å². The lowest BCUT2D eigenvalue weighted by atomic mass is 10.1. The molecule has 8 nitrogen and oxygen atoms in total. The van der Waals surface area contributed by atoms with E-state index in [2.05, 4.69) is 15.3 Å². The number of benzene rings is 1. The van der Waals surface area contributed by atoms with Crippen LogP contribution in [0, 0.1) is 6.92 Å². The van der Waals surface area contributed by atoms with Gasteiger partial charge in [0.05, 0.1) is 0 Å². The summed E-state index contributed by atoms with van der Waals surface area (Å²) in [7, 11) is 0. The maximum atomic E-state index is 13.2. The number of aryl methyl sites for hydroxylation is 1. The smallest absolute Gasteiger partial charge is 0.274 e. The largest absolute Gasteiger partial charge is 0.384 e. The third kappa shape index (κ3) is 3.82. The van der Waals surface area contributed by atoms with Gasteiger partial charge in [-0.2, -0.15) is 0 Å². The minimum atomic E-state index is -0.252. The molecule has 0 aliphatic carbocycles. The molecule has 1 amide bonds. The molecule has 1 aromatic carbocycles. The number of nitrogens with two attached hydrogens (primary N) is 1. The van der Waals surface area contributed by atoms with Crippen LogP contribution in [-0.4, -0.2) is 31.9 Å². The summed E-state index contributed by atoms with van der Waals surface area (Å²) in [6.45, 7) is 3.44. The fourth-order valence-corrected chi connectivity index (χ4v) is 3.60. The Morgan fingerprint density at radius 3 is 2.66 bits per heavy atom. The van der Waals surface area contributed by atoms with Crippen molar-refractivity contribution in [3.63, 3.8) is 0 Å². The van der Waals surface area contributed by atoms with Crippen LogP contribution < -0.4 is 16.6 Å². The van der Waals surface area contributed by atoms with E-state index in [1.807, 2.05) is 37.3 Å². The van der Waals surface area contributed by atoms with Gasteiger partial charge in [-0.1, -0.05) is 30.3 Å². The molecule has 3 N–H and O–H groups in total. The number of carbonyl (C=O) groups excluding carboxylic acids is 1. The molecule has 148 valence electrons. The first kappa shape index (κ1) is 18.7. The van der Waals surface area contributed by atoms with Crippen molar-refractivity contribution in [3.8, 4) is 0 Å². The summed E-state index contributed by atoms with van der Waals surface area (Å²) >= 11 is 0. The number of nitrogen functional groups attached to an aromatic ring is 1. The average molecular weight is 390 g/mol. The monoisotopic (exact) mass is 390 g/mol. The van der Waals surface area contributed by atoms with Gasteiger partial charge in [0.2, 0.25) is 0 Å². The number of hydrogen-bond donors (Lipinski definition) is 2. The molecule has 0 fully saturated rings. The lowest BCUT2D eigenvalue weighted by Gasteiger charge is -2.22. The highest BCUT2D eigenvalue weighted by Crippen LogP contribution is 2.21. The number of amides is 1. The van der Waals surface area contributed by atoms with Crippen LogP contribution in [-0.2, 0) is 13.1 Å². The Bertz CT molecular complexity index is 1110. The number of carbonyl (C=O) groups is 1. The standard InChI is InChI=1S/C21H22N6O2/c1-14-10-16(25-18-11-17(22)23-13-24-18)20(28)27-9-5-8-26(21(29)19(14)27)12-15-6-3-2-4-7-15/h2-4,6-7,10-11,13H,5,8-9,12H2,1H3,(H3,22,23,24,25). The molecular formula is C21H22N6O2. The Labute approximate surface area is 168 Å². The quantitative estimate of drug-likeness (QED) is 0.708. The third-order valence-electron chi connectivity index (χ3n) is 4.95. The van der Waals surface area contributed by atoms with E-state index in [4.69, 9.17) is 5.73 Å². The number of anilines is 3. The molecule has 0 radical (unpaired) electrons. The molecule has 29 heavy (non-hydrogen) atoms. The topological polar surface area (TPSA) is 106 Å². The first-order valence-corrected chi connectivity index (χ1v) is 9.45. The number of rotatable bonds is 4. The molecule has 1 aliphatic heterocycles. The molecule has 0 bridgehead atoms. The molecule has 0 saturated carbocycles. The number of aromatic nitrogens is 3. The van der Waals surface area contributed by atoms with Crippen LogP contribution in [0.2, 0.25) is 0 Å². The minimum absolute atomic E-state index is 0.126.